The highest BCUT2D eigenvalue weighted by atomic mass is 35.5. The summed E-state index contributed by atoms with van der Waals surface area (Å²) < 4.78 is 6.63. The van der Waals surface area contributed by atoms with Crippen molar-refractivity contribution in [2.75, 3.05) is 11.5 Å². The van der Waals surface area contributed by atoms with E-state index >= 15 is 0 Å². The van der Waals surface area contributed by atoms with Crippen molar-refractivity contribution in [3.63, 3.8) is 0 Å². The molecule has 41 heavy (non-hydrogen) atoms. The quantitative estimate of drug-likeness (QED) is 0.0656. The maximum atomic E-state index is 13.5. The molecular formula is C31H28ClN3O4S2. The number of ether oxygens (including phenoxy) is 1. The van der Waals surface area contributed by atoms with Crippen molar-refractivity contribution in [1.82, 2.24) is 10.2 Å². The molecule has 1 fully saturated rings. The van der Waals surface area contributed by atoms with Gasteiger partial charge in [-0.1, -0.05) is 91.0 Å². The van der Waals surface area contributed by atoms with Crippen molar-refractivity contribution in [2.45, 2.75) is 36.4 Å². The number of hydrogen-bond acceptors (Lipinski definition) is 8. The normalized spacial score (nSPS) is 16.5. The van der Waals surface area contributed by atoms with Crippen LogP contribution < -0.4 is 9.64 Å². The molecule has 1 saturated heterocycles. The fourth-order valence-electron chi connectivity index (χ4n) is 4.37. The second-order valence-corrected chi connectivity index (χ2v) is 12.5. The number of hydrogen-bond donors (Lipinski definition) is 1. The fourth-order valence-corrected chi connectivity index (χ4v) is 6.32. The summed E-state index contributed by atoms with van der Waals surface area (Å²) in [7, 11) is 0. The third kappa shape index (κ3) is 6.64. The summed E-state index contributed by atoms with van der Waals surface area (Å²) in [4.78, 5) is 28.3. The van der Waals surface area contributed by atoms with Gasteiger partial charge >= 0.3 is 5.91 Å². The Morgan fingerprint density at radius 1 is 1.05 bits per heavy atom. The van der Waals surface area contributed by atoms with Crippen LogP contribution >= 0.6 is 34.7 Å². The average molecular weight is 606 g/mol. The van der Waals surface area contributed by atoms with E-state index in [-0.39, 0.29) is 16.5 Å². The monoisotopic (exact) mass is 605 g/mol. The van der Waals surface area contributed by atoms with Crippen LogP contribution in [0.1, 0.15) is 43.0 Å². The summed E-state index contributed by atoms with van der Waals surface area (Å²) in [5.74, 6) is -0.103. The zero-order chi connectivity index (χ0) is 28.9. The molecule has 210 valence electrons. The minimum absolute atomic E-state index is 0.0367. The predicted molar refractivity (Wildman–Crippen MR) is 164 cm³/mol. The van der Waals surface area contributed by atoms with Crippen molar-refractivity contribution in [3.05, 3.63) is 106 Å². The molecule has 0 radical (unpaired) electrons. The Kier molecular flexibility index (Phi) is 9.07. The van der Waals surface area contributed by atoms with E-state index in [4.69, 9.17) is 16.3 Å². The van der Waals surface area contributed by atoms with Gasteiger partial charge in [0.1, 0.15) is 11.5 Å². The van der Waals surface area contributed by atoms with Crippen LogP contribution in [0.4, 0.5) is 5.13 Å². The van der Waals surface area contributed by atoms with E-state index in [2.05, 4.69) is 24.0 Å². The molecule has 7 nitrogen and oxygen atoms in total. The Bertz CT molecular complexity index is 1570. The number of carbonyl (C=O) groups is 2. The number of rotatable bonds is 10. The summed E-state index contributed by atoms with van der Waals surface area (Å²) in [5, 5.41) is 20.7. The first-order chi connectivity index (χ1) is 19.8. The molecular weight excluding hydrogens is 578 g/mol. The molecule has 4 aromatic rings. The van der Waals surface area contributed by atoms with Gasteiger partial charge in [0.15, 0.2) is 4.34 Å². The van der Waals surface area contributed by atoms with Gasteiger partial charge in [-0.15, -0.1) is 10.2 Å². The lowest BCUT2D eigenvalue weighted by Gasteiger charge is -2.23. The Morgan fingerprint density at radius 2 is 1.80 bits per heavy atom. The van der Waals surface area contributed by atoms with Crippen molar-refractivity contribution in [2.24, 2.45) is 5.92 Å². The molecule has 0 bridgehead atoms. The molecule has 1 aromatic heterocycles. The zero-order valence-corrected chi connectivity index (χ0v) is 24.9. The van der Waals surface area contributed by atoms with Gasteiger partial charge in [0.2, 0.25) is 5.13 Å². The highest BCUT2D eigenvalue weighted by molar-refractivity contribution is 8.00. The number of aliphatic hydroxyl groups excluding tert-OH is 1. The molecule has 1 N–H and O–H groups in total. The van der Waals surface area contributed by atoms with Gasteiger partial charge in [-0.3, -0.25) is 14.5 Å². The van der Waals surface area contributed by atoms with Crippen LogP contribution in [0.3, 0.4) is 0 Å². The van der Waals surface area contributed by atoms with Gasteiger partial charge in [-0.05, 0) is 59.9 Å². The van der Waals surface area contributed by atoms with Crippen molar-refractivity contribution in [1.29, 1.82) is 0 Å². The molecule has 1 atom stereocenters. The number of anilines is 1. The average Bonchev–Trinajstić information content (AvgIpc) is 3.54. The van der Waals surface area contributed by atoms with E-state index in [0.717, 1.165) is 12.0 Å². The highest BCUT2D eigenvalue weighted by Crippen LogP contribution is 2.44. The maximum Gasteiger partial charge on any atom is 0.301 e. The smallest absolute Gasteiger partial charge is 0.301 e. The lowest BCUT2D eigenvalue weighted by atomic mass is 9.95. The second-order valence-electron chi connectivity index (χ2n) is 9.90. The Labute approximate surface area is 251 Å². The number of nitrogens with zero attached hydrogens (tertiary/aromatic N) is 3. The molecule has 2 heterocycles. The van der Waals surface area contributed by atoms with Gasteiger partial charge < -0.3 is 9.84 Å². The number of carbonyl (C=O) groups excluding carboxylic acids is 2. The molecule has 1 amide bonds. The van der Waals surface area contributed by atoms with Gasteiger partial charge in [0.05, 0.1) is 18.2 Å². The zero-order valence-electron chi connectivity index (χ0n) is 22.5. The number of aliphatic hydroxyl groups is 1. The van der Waals surface area contributed by atoms with E-state index in [0.29, 0.717) is 44.5 Å². The third-order valence-corrected chi connectivity index (χ3v) is 8.89. The third-order valence-electron chi connectivity index (χ3n) is 6.51. The lowest BCUT2D eigenvalue weighted by Crippen LogP contribution is -2.29. The summed E-state index contributed by atoms with van der Waals surface area (Å²) in [6.45, 7) is 4.78. The van der Waals surface area contributed by atoms with E-state index < -0.39 is 17.7 Å². The molecule has 10 heteroatoms. The number of amides is 1. The van der Waals surface area contributed by atoms with Crippen molar-refractivity contribution >= 4 is 57.3 Å². The van der Waals surface area contributed by atoms with Crippen LogP contribution in [0.25, 0.3) is 5.76 Å². The first-order valence-electron chi connectivity index (χ1n) is 13.1. The molecule has 0 saturated carbocycles. The fraction of sp³-hybridized carbons (Fsp3) is 0.226. The Balaban J connectivity index is 1.53. The van der Waals surface area contributed by atoms with Crippen LogP contribution in [0, 0.1) is 5.92 Å². The predicted octanol–water partition coefficient (Wildman–Crippen LogP) is 7.54. The number of ketones is 1. The number of Topliss-reactive ketones (excluding diaryl/α,β-unsaturated/α-hetero) is 1. The molecule has 5 rings (SSSR count). The van der Waals surface area contributed by atoms with Crippen LogP contribution in [-0.4, -0.2) is 33.6 Å². The number of halogens is 1. The first kappa shape index (κ1) is 28.9. The van der Waals surface area contributed by atoms with Crippen LogP contribution in [0.15, 0.2) is 88.8 Å². The largest absolute Gasteiger partial charge is 0.507 e. The minimum atomic E-state index is -0.931. The topological polar surface area (TPSA) is 92.6 Å². The highest BCUT2D eigenvalue weighted by Gasteiger charge is 2.48. The molecule has 0 spiro atoms. The summed E-state index contributed by atoms with van der Waals surface area (Å²) in [6.07, 6.45) is 0.882. The van der Waals surface area contributed by atoms with Gasteiger partial charge in [0, 0.05) is 16.3 Å². The van der Waals surface area contributed by atoms with E-state index in [1.807, 2.05) is 42.5 Å². The molecule has 3 aromatic carbocycles. The van der Waals surface area contributed by atoms with Crippen LogP contribution in [0.5, 0.6) is 5.75 Å². The number of benzene rings is 3. The second kappa shape index (κ2) is 12.9. The maximum absolute atomic E-state index is 13.5. The standard InChI is InChI=1S/C31H28ClN3O4S2/c1-19(2)15-16-39-24-10-6-9-22(17-24)26-25(27(36)21-11-13-23(32)14-12-21)28(37)29(38)35(26)30-33-34-31(41-30)40-18-20-7-4-3-5-8-20/h3-14,17,19,26,36H,15-16,18H2,1-2H3/b27-25+. The van der Waals surface area contributed by atoms with Crippen LogP contribution in [0.2, 0.25) is 5.02 Å². The Hall–Kier alpha value is -3.66. The minimum Gasteiger partial charge on any atom is -0.507 e. The van der Waals surface area contributed by atoms with E-state index in [1.54, 1.807) is 36.4 Å². The molecule has 0 aliphatic carbocycles. The summed E-state index contributed by atoms with van der Waals surface area (Å²) >= 11 is 8.77. The first-order valence-corrected chi connectivity index (χ1v) is 15.3. The van der Waals surface area contributed by atoms with Gasteiger partial charge in [-0.25, -0.2) is 0 Å². The van der Waals surface area contributed by atoms with Crippen molar-refractivity contribution in [3.8, 4) is 5.75 Å². The molecule has 1 aliphatic rings. The summed E-state index contributed by atoms with van der Waals surface area (Å²) in [6, 6.07) is 22.7. The molecule has 1 unspecified atom stereocenters. The number of thioether (sulfide) groups is 1. The lowest BCUT2D eigenvalue weighted by molar-refractivity contribution is -0.132. The SMILES string of the molecule is CC(C)CCOc1cccc(C2/C(=C(\O)c3ccc(Cl)cc3)C(=O)C(=O)N2c2nnc(SCc3ccccc3)s2)c1. The number of aromatic nitrogens is 2. The Morgan fingerprint density at radius 3 is 2.54 bits per heavy atom. The van der Waals surface area contributed by atoms with E-state index in [1.165, 1.54) is 28.0 Å². The summed E-state index contributed by atoms with van der Waals surface area (Å²) in [5.41, 5.74) is 2.07. The van der Waals surface area contributed by atoms with Gasteiger partial charge in [0.25, 0.3) is 5.78 Å². The van der Waals surface area contributed by atoms with Gasteiger partial charge in [-0.2, -0.15) is 0 Å². The van der Waals surface area contributed by atoms with Crippen molar-refractivity contribution < 1.29 is 19.4 Å². The molecule has 1 aliphatic heterocycles. The van der Waals surface area contributed by atoms with E-state index in [9.17, 15) is 14.7 Å². The van der Waals surface area contributed by atoms with Crippen LogP contribution in [-0.2, 0) is 15.3 Å².